The van der Waals surface area contributed by atoms with Crippen LogP contribution in [-0.2, 0) is 11.2 Å². The third-order valence-electron chi connectivity index (χ3n) is 6.63. The van der Waals surface area contributed by atoms with E-state index < -0.39 is 0 Å². The van der Waals surface area contributed by atoms with Gasteiger partial charge in [0.15, 0.2) is 0 Å². The highest BCUT2D eigenvalue weighted by atomic mass is 16.6. The lowest BCUT2D eigenvalue weighted by Crippen LogP contribution is -2.61. The van der Waals surface area contributed by atoms with E-state index in [-0.39, 0.29) is 28.5 Å². The second-order valence-electron chi connectivity index (χ2n) is 9.19. The summed E-state index contributed by atoms with van der Waals surface area (Å²) in [5.74, 6) is 0.145. The van der Waals surface area contributed by atoms with Gasteiger partial charge >= 0.3 is 0 Å². The van der Waals surface area contributed by atoms with Gasteiger partial charge in [-0.15, -0.1) is 0 Å². The summed E-state index contributed by atoms with van der Waals surface area (Å²) in [5.41, 5.74) is 3.36. The Hall–Kier alpha value is -3.60. The van der Waals surface area contributed by atoms with E-state index in [0.29, 0.717) is 44.1 Å². The van der Waals surface area contributed by atoms with E-state index in [4.69, 9.17) is 0 Å². The molecule has 0 unspecified atom stereocenters. The summed E-state index contributed by atoms with van der Waals surface area (Å²) in [5, 5.41) is 24.0. The third-order valence-corrected chi connectivity index (χ3v) is 6.63. The highest BCUT2D eigenvalue weighted by molar-refractivity contribution is 5.82. The molecule has 1 saturated heterocycles. The first kappa shape index (κ1) is 22.6. The van der Waals surface area contributed by atoms with Gasteiger partial charge in [0.05, 0.1) is 28.1 Å². The van der Waals surface area contributed by atoms with Crippen LogP contribution in [0.4, 0.5) is 17.1 Å². The lowest BCUT2D eigenvalue weighted by molar-refractivity contribution is -0.384. The Morgan fingerprint density at radius 1 is 1.24 bits per heavy atom. The Balaban J connectivity index is 1.65. The second kappa shape index (κ2) is 9.49. The van der Waals surface area contributed by atoms with Crippen molar-refractivity contribution in [1.82, 2.24) is 5.32 Å². The molecule has 1 amide bonds. The summed E-state index contributed by atoms with van der Waals surface area (Å²) in [4.78, 5) is 28.6. The number of amides is 1. The van der Waals surface area contributed by atoms with Crippen molar-refractivity contribution in [1.29, 1.82) is 5.26 Å². The van der Waals surface area contributed by atoms with Gasteiger partial charge in [-0.3, -0.25) is 14.9 Å². The highest BCUT2D eigenvalue weighted by Crippen LogP contribution is 2.39. The number of para-hydroxylation sites is 1. The van der Waals surface area contributed by atoms with Crippen LogP contribution in [0.1, 0.15) is 31.4 Å². The summed E-state index contributed by atoms with van der Waals surface area (Å²) >= 11 is 0. The SMILES string of the molecule is CC(C)CCNC(=O)[C@H]1Cc2cc([N+](=O)[O-])ccc2N2CCN(c3ccccc3C#N)C[C@@H]12. The van der Waals surface area contributed by atoms with Crippen molar-refractivity contribution in [2.75, 3.05) is 36.0 Å². The molecular formula is C25H29N5O3. The molecule has 0 spiro atoms. The smallest absolute Gasteiger partial charge is 0.269 e. The fourth-order valence-electron chi connectivity index (χ4n) is 4.90. The fourth-order valence-corrected chi connectivity index (χ4v) is 4.90. The van der Waals surface area contributed by atoms with E-state index in [1.165, 1.54) is 6.07 Å². The minimum atomic E-state index is -0.388. The van der Waals surface area contributed by atoms with Crippen molar-refractivity contribution in [3.63, 3.8) is 0 Å². The number of nitrogens with zero attached hydrogens (tertiary/aromatic N) is 4. The Morgan fingerprint density at radius 3 is 2.76 bits per heavy atom. The van der Waals surface area contributed by atoms with Crippen LogP contribution in [0.15, 0.2) is 42.5 Å². The normalized spacial score (nSPS) is 19.5. The quantitative estimate of drug-likeness (QED) is 0.537. The summed E-state index contributed by atoms with van der Waals surface area (Å²) in [7, 11) is 0. The summed E-state index contributed by atoms with van der Waals surface area (Å²) in [6.07, 6.45) is 1.36. The lowest BCUT2D eigenvalue weighted by atomic mass is 9.83. The van der Waals surface area contributed by atoms with Crippen molar-refractivity contribution < 1.29 is 9.72 Å². The molecule has 2 aromatic carbocycles. The predicted molar refractivity (Wildman–Crippen MR) is 127 cm³/mol. The molecule has 0 radical (unpaired) electrons. The first-order chi connectivity index (χ1) is 15.9. The number of rotatable bonds is 6. The standard InChI is InChI=1S/C25H29N5O3/c1-17(2)9-10-27-25(31)21-14-19-13-20(30(32)33)7-8-23(19)29-12-11-28(16-24(21)29)22-6-4-3-5-18(22)15-26/h3-8,13,17,21,24H,9-12,14,16H2,1-2H3,(H,27,31)/t21-,24-/m0/s1. The number of carbonyl (C=O) groups is 1. The zero-order chi connectivity index (χ0) is 23.5. The zero-order valence-corrected chi connectivity index (χ0v) is 19.0. The zero-order valence-electron chi connectivity index (χ0n) is 19.0. The monoisotopic (exact) mass is 447 g/mol. The third kappa shape index (κ3) is 4.63. The maximum Gasteiger partial charge on any atom is 0.269 e. The van der Waals surface area contributed by atoms with E-state index in [0.717, 1.165) is 23.4 Å². The van der Waals surface area contributed by atoms with Crippen LogP contribution in [0.3, 0.4) is 0 Å². The van der Waals surface area contributed by atoms with Gasteiger partial charge in [-0.05, 0) is 42.5 Å². The number of nitro groups is 1. The van der Waals surface area contributed by atoms with Crippen LogP contribution in [0, 0.1) is 33.3 Å². The van der Waals surface area contributed by atoms with Crippen molar-refractivity contribution in [2.24, 2.45) is 11.8 Å². The molecule has 2 heterocycles. The van der Waals surface area contributed by atoms with Gasteiger partial charge in [-0.25, -0.2) is 0 Å². The van der Waals surface area contributed by atoms with Gasteiger partial charge in [0.1, 0.15) is 6.07 Å². The second-order valence-corrected chi connectivity index (χ2v) is 9.19. The number of nitro benzene ring substituents is 1. The maximum absolute atomic E-state index is 13.3. The molecule has 8 nitrogen and oxygen atoms in total. The molecule has 2 aliphatic rings. The van der Waals surface area contributed by atoms with E-state index in [1.807, 2.05) is 30.3 Å². The van der Waals surface area contributed by atoms with Crippen molar-refractivity contribution in [2.45, 2.75) is 32.7 Å². The number of nitrogens with one attached hydrogen (secondary N) is 1. The number of piperazine rings is 1. The fraction of sp³-hybridized carbons (Fsp3) is 0.440. The Bertz CT molecular complexity index is 1090. The molecule has 2 atom stereocenters. The molecule has 172 valence electrons. The molecule has 2 aromatic rings. The van der Waals surface area contributed by atoms with Crippen LogP contribution >= 0.6 is 0 Å². The van der Waals surface area contributed by atoms with Crippen LogP contribution in [-0.4, -0.2) is 43.1 Å². The molecule has 4 rings (SSSR count). The molecule has 0 aromatic heterocycles. The van der Waals surface area contributed by atoms with Crippen LogP contribution < -0.4 is 15.1 Å². The predicted octanol–water partition coefficient (Wildman–Crippen LogP) is 3.50. The highest BCUT2D eigenvalue weighted by Gasteiger charge is 2.42. The van der Waals surface area contributed by atoms with Crippen LogP contribution in [0.5, 0.6) is 0 Å². The molecule has 0 bridgehead atoms. The number of nitriles is 1. The van der Waals surface area contributed by atoms with E-state index in [9.17, 15) is 20.2 Å². The van der Waals surface area contributed by atoms with E-state index in [1.54, 1.807) is 6.07 Å². The van der Waals surface area contributed by atoms with Crippen LogP contribution in [0.25, 0.3) is 0 Å². The van der Waals surface area contributed by atoms with Crippen molar-refractivity contribution in [3.05, 3.63) is 63.7 Å². The first-order valence-corrected chi connectivity index (χ1v) is 11.4. The molecule has 2 aliphatic heterocycles. The number of carbonyl (C=O) groups excluding carboxylic acids is 1. The Labute approximate surface area is 193 Å². The van der Waals surface area contributed by atoms with Gasteiger partial charge in [0.2, 0.25) is 5.91 Å². The van der Waals surface area contributed by atoms with E-state index >= 15 is 0 Å². The van der Waals surface area contributed by atoms with Gasteiger partial charge < -0.3 is 15.1 Å². The summed E-state index contributed by atoms with van der Waals surface area (Å²) < 4.78 is 0. The Morgan fingerprint density at radius 2 is 2.03 bits per heavy atom. The molecule has 0 saturated carbocycles. The van der Waals surface area contributed by atoms with E-state index in [2.05, 4.69) is 35.0 Å². The minimum Gasteiger partial charge on any atom is -0.367 e. The average molecular weight is 448 g/mol. The van der Waals surface area contributed by atoms with Crippen molar-refractivity contribution >= 4 is 23.0 Å². The number of anilines is 2. The molecule has 8 heteroatoms. The Kier molecular flexibility index (Phi) is 6.50. The maximum atomic E-state index is 13.3. The first-order valence-electron chi connectivity index (χ1n) is 11.4. The van der Waals surface area contributed by atoms with Gasteiger partial charge in [0.25, 0.3) is 5.69 Å². The lowest BCUT2D eigenvalue weighted by Gasteiger charge is -2.49. The molecular weight excluding hydrogens is 418 g/mol. The topological polar surface area (TPSA) is 103 Å². The molecule has 1 N–H and O–H groups in total. The van der Waals surface area contributed by atoms with Gasteiger partial charge in [-0.2, -0.15) is 5.26 Å². The number of hydrogen-bond donors (Lipinski definition) is 1. The number of non-ortho nitro benzene ring substituents is 1. The minimum absolute atomic E-state index is 0.0155. The number of benzene rings is 2. The molecule has 1 fully saturated rings. The number of fused-ring (bicyclic) bond motifs is 3. The van der Waals surface area contributed by atoms with Gasteiger partial charge in [0, 0.05) is 44.0 Å². The number of hydrogen-bond acceptors (Lipinski definition) is 6. The van der Waals surface area contributed by atoms with Crippen LogP contribution in [0.2, 0.25) is 0 Å². The largest absolute Gasteiger partial charge is 0.367 e. The summed E-state index contributed by atoms with van der Waals surface area (Å²) in [6, 6.07) is 14.7. The average Bonchev–Trinajstić information content (AvgIpc) is 2.82. The molecule has 0 aliphatic carbocycles. The van der Waals surface area contributed by atoms with Gasteiger partial charge in [-0.1, -0.05) is 26.0 Å². The summed E-state index contributed by atoms with van der Waals surface area (Å²) in [6.45, 7) is 6.84. The molecule has 33 heavy (non-hydrogen) atoms. The van der Waals surface area contributed by atoms with Crippen molar-refractivity contribution in [3.8, 4) is 6.07 Å².